The molecular formula is C35H50N4O8. The molecule has 2 aliphatic rings. The number of rotatable bonds is 4. The van der Waals surface area contributed by atoms with Crippen molar-refractivity contribution >= 4 is 29.2 Å². The number of allylic oxidation sites excluding steroid dienone is 1. The van der Waals surface area contributed by atoms with Gasteiger partial charge in [-0.3, -0.25) is 14.4 Å². The number of carbonyl (C=O) groups excluding carboxylic acids is 3. The van der Waals surface area contributed by atoms with Crippen molar-refractivity contribution in [3.63, 3.8) is 0 Å². The second kappa shape index (κ2) is 15.9. The Bertz CT molecular complexity index is 1440. The molecule has 0 aromatic carbocycles. The highest BCUT2D eigenvalue weighted by Gasteiger charge is 2.48. The second-order valence-corrected chi connectivity index (χ2v) is 13.1. The van der Waals surface area contributed by atoms with Crippen LogP contribution in [0.4, 0.5) is 5.82 Å². The van der Waals surface area contributed by atoms with Crippen LogP contribution in [-0.2, 0) is 33.4 Å². The quantitative estimate of drug-likeness (QED) is 0.143. The van der Waals surface area contributed by atoms with Crippen molar-refractivity contribution < 1.29 is 38.5 Å². The van der Waals surface area contributed by atoms with Crippen LogP contribution in [0.5, 0.6) is 0 Å². The number of fused-ring (bicyclic) bond motifs is 4. The van der Waals surface area contributed by atoms with Crippen molar-refractivity contribution in [1.29, 1.82) is 0 Å². The molecule has 8 atom stereocenters. The van der Waals surface area contributed by atoms with Crippen molar-refractivity contribution in [1.82, 2.24) is 10.3 Å². The summed E-state index contributed by atoms with van der Waals surface area (Å²) in [6.45, 7) is 15.4. The Morgan fingerprint density at radius 1 is 1.21 bits per heavy atom. The number of anilines is 1. The predicted molar refractivity (Wildman–Crippen MR) is 177 cm³/mol. The number of hydrogen-bond donors (Lipinski definition) is 3. The van der Waals surface area contributed by atoms with Gasteiger partial charge in [0, 0.05) is 18.5 Å². The first-order chi connectivity index (χ1) is 22.0. The lowest BCUT2D eigenvalue weighted by Gasteiger charge is -2.42. The van der Waals surface area contributed by atoms with Gasteiger partial charge in [0.15, 0.2) is 6.61 Å². The highest BCUT2D eigenvalue weighted by atomic mass is 16.6. The molecule has 0 radical (unpaired) electrons. The molecule has 12 heteroatoms. The van der Waals surface area contributed by atoms with E-state index in [2.05, 4.69) is 27.3 Å². The van der Waals surface area contributed by atoms with E-state index in [1.54, 1.807) is 39.0 Å². The van der Waals surface area contributed by atoms with Crippen molar-refractivity contribution in [3.8, 4) is 11.8 Å². The van der Waals surface area contributed by atoms with Crippen LogP contribution >= 0.6 is 0 Å². The molecule has 1 aromatic heterocycles. The van der Waals surface area contributed by atoms with Gasteiger partial charge in [0.25, 0.3) is 0 Å². The normalized spacial score (nSPS) is 33.4. The number of oxime groups is 1. The minimum Gasteiger partial charge on any atom is -0.459 e. The maximum atomic E-state index is 13.7. The standard InChI is InChI=1S/C35H50N4O8/c1-10-28-35(9,43)32-22(4)30(37-25(7)40)20(2)17-34(8,24(6)21(3)31(41)23(5)33(42)47-28)45-19-27(18-44-32)39-46-16-12-14-26-13-11-15-29(36)38-26/h11,13,15,20-21,23-24,28,32,43H,10,16-19H2,1-9H3,(H2,36,38)(H,37,40)/t20-,21-,23-,24-,28-,32-,34-,35-/m1/s1. The van der Waals surface area contributed by atoms with E-state index in [1.165, 1.54) is 20.8 Å². The van der Waals surface area contributed by atoms with E-state index in [9.17, 15) is 19.5 Å². The molecule has 4 N–H and O–H groups in total. The number of Topliss-reactive ketones (excluding diaryl/α,β-unsaturated/α-hetero) is 1. The molecule has 1 aromatic rings. The topological polar surface area (TPSA) is 172 Å². The molecule has 12 nitrogen and oxygen atoms in total. The third-order valence-corrected chi connectivity index (χ3v) is 9.39. The number of nitrogens with zero attached hydrogens (tertiary/aromatic N) is 2. The molecule has 1 amide bonds. The number of hydrogen-bond acceptors (Lipinski definition) is 11. The van der Waals surface area contributed by atoms with Gasteiger partial charge in [0.1, 0.15) is 46.7 Å². The molecule has 0 aliphatic carbocycles. The number of aliphatic hydroxyl groups is 1. The average Bonchev–Trinajstić information content (AvgIpc) is 3.03. The van der Waals surface area contributed by atoms with Crippen LogP contribution in [0.3, 0.4) is 0 Å². The lowest BCUT2D eigenvalue weighted by molar-refractivity contribution is -0.184. The molecule has 2 aliphatic heterocycles. The summed E-state index contributed by atoms with van der Waals surface area (Å²) in [5.74, 6) is 2.42. The van der Waals surface area contributed by atoms with Gasteiger partial charge in [-0.2, -0.15) is 0 Å². The molecule has 258 valence electrons. The van der Waals surface area contributed by atoms with Crippen LogP contribution in [-0.4, -0.2) is 76.7 Å². The Labute approximate surface area is 277 Å². The monoisotopic (exact) mass is 654 g/mol. The molecule has 0 unspecified atom stereocenters. The van der Waals surface area contributed by atoms with E-state index in [1.807, 2.05) is 20.8 Å². The van der Waals surface area contributed by atoms with Crippen molar-refractivity contribution in [2.45, 2.75) is 98.6 Å². The molecule has 0 saturated carbocycles. The van der Waals surface area contributed by atoms with Crippen LogP contribution in [0.25, 0.3) is 0 Å². The zero-order valence-electron chi connectivity index (χ0n) is 29.0. The third-order valence-electron chi connectivity index (χ3n) is 9.39. The van der Waals surface area contributed by atoms with Crippen molar-refractivity contribution in [2.75, 3.05) is 25.6 Å². The molecule has 0 spiro atoms. The largest absolute Gasteiger partial charge is 0.459 e. The fraction of sp³-hybridized carbons (Fsp3) is 0.629. The lowest BCUT2D eigenvalue weighted by Crippen LogP contribution is -2.54. The summed E-state index contributed by atoms with van der Waals surface area (Å²) in [5.41, 5.74) is 4.96. The molecule has 3 rings (SSSR count). The van der Waals surface area contributed by atoms with E-state index in [4.69, 9.17) is 24.8 Å². The molecule has 0 fully saturated rings. The Balaban J connectivity index is 2.16. The third kappa shape index (κ3) is 9.18. The van der Waals surface area contributed by atoms with Gasteiger partial charge in [0.05, 0.1) is 18.8 Å². The highest BCUT2D eigenvalue weighted by Crippen LogP contribution is 2.40. The minimum absolute atomic E-state index is 0.0236. The van der Waals surface area contributed by atoms with Gasteiger partial charge in [-0.25, -0.2) is 4.98 Å². The fourth-order valence-corrected chi connectivity index (χ4v) is 6.40. The molecule has 0 saturated heterocycles. The van der Waals surface area contributed by atoms with Gasteiger partial charge in [-0.1, -0.05) is 44.8 Å². The number of nitrogens with two attached hydrogens (primary N) is 1. The Hall–Kier alpha value is -3.79. The summed E-state index contributed by atoms with van der Waals surface area (Å²) in [5, 5.41) is 19.4. The maximum Gasteiger partial charge on any atom is 0.316 e. The number of cyclic esters (lactones) is 1. The summed E-state index contributed by atoms with van der Waals surface area (Å²) >= 11 is 0. The summed E-state index contributed by atoms with van der Waals surface area (Å²) in [7, 11) is 0. The van der Waals surface area contributed by atoms with Crippen LogP contribution in [0.2, 0.25) is 0 Å². The van der Waals surface area contributed by atoms with Gasteiger partial charge < -0.3 is 35.2 Å². The van der Waals surface area contributed by atoms with Crippen LogP contribution < -0.4 is 11.1 Å². The molecular weight excluding hydrogens is 604 g/mol. The first-order valence-electron chi connectivity index (χ1n) is 16.1. The number of nitrogens with one attached hydrogen (secondary N) is 1. The average molecular weight is 655 g/mol. The highest BCUT2D eigenvalue weighted by molar-refractivity contribution is 5.99. The summed E-state index contributed by atoms with van der Waals surface area (Å²) < 4.78 is 18.9. The summed E-state index contributed by atoms with van der Waals surface area (Å²) in [6.07, 6.45) is -1.50. The summed E-state index contributed by atoms with van der Waals surface area (Å²) in [6, 6.07) is 5.15. The fourth-order valence-electron chi connectivity index (χ4n) is 6.40. The van der Waals surface area contributed by atoms with Gasteiger partial charge >= 0.3 is 5.97 Å². The number of ether oxygens (including phenoxy) is 3. The number of ketones is 1. The first kappa shape index (κ1) is 37.7. The maximum absolute atomic E-state index is 13.7. The Morgan fingerprint density at radius 3 is 2.55 bits per heavy atom. The number of aromatic nitrogens is 1. The molecule has 3 heterocycles. The van der Waals surface area contributed by atoms with Gasteiger partial charge in [-0.05, 0) is 76.0 Å². The van der Waals surface area contributed by atoms with E-state index in [-0.39, 0.29) is 49.8 Å². The number of carbonyl (C=O) groups is 3. The summed E-state index contributed by atoms with van der Waals surface area (Å²) in [4.78, 5) is 49.2. The molecule has 2 bridgehead atoms. The van der Waals surface area contributed by atoms with E-state index < -0.39 is 41.2 Å². The van der Waals surface area contributed by atoms with E-state index >= 15 is 0 Å². The predicted octanol–water partition coefficient (Wildman–Crippen LogP) is 3.56. The number of amides is 1. The van der Waals surface area contributed by atoms with Crippen LogP contribution in [0.1, 0.15) is 80.8 Å². The van der Waals surface area contributed by atoms with Crippen molar-refractivity contribution in [2.24, 2.45) is 28.8 Å². The van der Waals surface area contributed by atoms with E-state index in [0.29, 0.717) is 34.9 Å². The zero-order chi connectivity index (χ0) is 35.1. The SMILES string of the molecule is CC[C@H]1OC(=O)[C@H](C)C(=O)[C@H](C)[C@@H](C)[C@@]2(C)C[C@@H](C)C(NC(C)=O)=C(C)[C@@H](OCC(=NOCC#Cc3cccc(N)n3)CO2)[C@]1(C)O. The molecule has 47 heavy (non-hydrogen) atoms. The Morgan fingerprint density at radius 2 is 1.91 bits per heavy atom. The minimum atomic E-state index is -1.79. The lowest BCUT2D eigenvalue weighted by atomic mass is 9.72. The number of nitrogen functional groups attached to an aromatic ring is 1. The van der Waals surface area contributed by atoms with Gasteiger partial charge in [-0.15, -0.1) is 0 Å². The number of esters is 1. The van der Waals surface area contributed by atoms with Gasteiger partial charge in [0.2, 0.25) is 5.91 Å². The van der Waals surface area contributed by atoms with Crippen LogP contribution in [0.15, 0.2) is 34.6 Å². The van der Waals surface area contributed by atoms with Crippen LogP contribution in [0, 0.1) is 35.5 Å². The zero-order valence-corrected chi connectivity index (χ0v) is 29.0. The second-order valence-electron chi connectivity index (χ2n) is 13.1. The smallest absolute Gasteiger partial charge is 0.316 e. The Kier molecular flexibility index (Phi) is 12.7. The number of pyridine rings is 1. The first-order valence-corrected chi connectivity index (χ1v) is 16.1. The van der Waals surface area contributed by atoms with Crippen molar-refractivity contribution in [3.05, 3.63) is 35.2 Å². The van der Waals surface area contributed by atoms with E-state index in [0.717, 1.165) is 0 Å².